The largest absolute Gasteiger partial charge is 0.469 e. The van der Waals surface area contributed by atoms with E-state index >= 15 is 0 Å². The number of esters is 1. The molecule has 1 heterocycles. The quantitative estimate of drug-likeness (QED) is 0.782. The van der Waals surface area contributed by atoms with Gasteiger partial charge in [0.15, 0.2) is 5.79 Å². The molecule has 0 radical (unpaired) electrons. The number of aliphatic hydroxyl groups excluding tert-OH is 1. The van der Waals surface area contributed by atoms with Crippen LogP contribution in [0.5, 0.6) is 0 Å². The fraction of sp³-hybridized carbons (Fsp3) is 0.762. The Labute approximate surface area is 155 Å². The lowest BCUT2D eigenvalue weighted by Crippen LogP contribution is -2.45. The zero-order valence-electron chi connectivity index (χ0n) is 15.9. The number of aliphatic hydroxyl groups is 1. The molecule has 3 atom stereocenters. The Morgan fingerprint density at radius 1 is 1.35 bits per heavy atom. The number of allylic oxidation sites excluding steroid dienone is 3. The van der Waals surface area contributed by atoms with Crippen LogP contribution >= 0.6 is 0 Å². The SMILES string of the molecule is COC(=O)[C@@]1(C)CC=C2C3=C(CCC2[C@@H]1CCO)CC1(CC3)OCCO1. The number of ether oxygens (including phenoxy) is 3. The van der Waals surface area contributed by atoms with Crippen molar-refractivity contribution in [3.8, 4) is 0 Å². The van der Waals surface area contributed by atoms with E-state index in [2.05, 4.69) is 6.08 Å². The van der Waals surface area contributed by atoms with Gasteiger partial charge in [0.2, 0.25) is 0 Å². The maximum Gasteiger partial charge on any atom is 0.312 e. The summed E-state index contributed by atoms with van der Waals surface area (Å²) in [6.45, 7) is 3.51. The summed E-state index contributed by atoms with van der Waals surface area (Å²) in [6.07, 6.45) is 8.44. The van der Waals surface area contributed by atoms with Gasteiger partial charge in [0, 0.05) is 19.4 Å². The Morgan fingerprint density at radius 3 is 2.81 bits per heavy atom. The van der Waals surface area contributed by atoms with E-state index in [1.54, 1.807) is 0 Å². The lowest BCUT2D eigenvalue weighted by Gasteiger charge is -2.48. The van der Waals surface area contributed by atoms with Gasteiger partial charge in [-0.2, -0.15) is 0 Å². The molecule has 3 aliphatic carbocycles. The highest BCUT2D eigenvalue weighted by molar-refractivity contribution is 5.77. The van der Waals surface area contributed by atoms with Gasteiger partial charge in [0.1, 0.15) is 0 Å². The minimum absolute atomic E-state index is 0.109. The van der Waals surface area contributed by atoms with Crippen molar-refractivity contribution in [2.45, 2.75) is 57.7 Å². The molecule has 0 aromatic carbocycles. The summed E-state index contributed by atoms with van der Waals surface area (Å²) in [5.74, 6) is -0.0742. The first-order valence-corrected chi connectivity index (χ1v) is 9.91. The van der Waals surface area contributed by atoms with Crippen molar-refractivity contribution in [2.24, 2.45) is 17.3 Å². The second-order valence-corrected chi connectivity index (χ2v) is 8.40. The molecule has 0 aromatic heterocycles. The molecule has 1 aliphatic heterocycles. The summed E-state index contributed by atoms with van der Waals surface area (Å²) in [5, 5.41) is 9.65. The molecule has 0 amide bonds. The van der Waals surface area contributed by atoms with Gasteiger partial charge >= 0.3 is 5.97 Å². The van der Waals surface area contributed by atoms with Crippen molar-refractivity contribution in [1.29, 1.82) is 0 Å². The van der Waals surface area contributed by atoms with Gasteiger partial charge < -0.3 is 19.3 Å². The van der Waals surface area contributed by atoms with Crippen LogP contribution in [0.1, 0.15) is 51.9 Å². The van der Waals surface area contributed by atoms with E-state index in [-0.39, 0.29) is 24.3 Å². The molecule has 5 nitrogen and oxygen atoms in total. The van der Waals surface area contributed by atoms with Gasteiger partial charge in [-0.15, -0.1) is 0 Å². The highest BCUT2D eigenvalue weighted by Gasteiger charge is 2.51. The topological polar surface area (TPSA) is 65.0 Å². The van der Waals surface area contributed by atoms with Gasteiger partial charge in [-0.05, 0) is 62.0 Å². The molecule has 4 aliphatic rings. The first-order chi connectivity index (χ1) is 12.5. The summed E-state index contributed by atoms with van der Waals surface area (Å²) in [4.78, 5) is 12.5. The fourth-order valence-corrected chi connectivity index (χ4v) is 5.79. The molecule has 0 bridgehead atoms. The van der Waals surface area contributed by atoms with E-state index in [1.165, 1.54) is 23.8 Å². The molecule has 144 valence electrons. The molecule has 4 rings (SSSR count). The summed E-state index contributed by atoms with van der Waals surface area (Å²) < 4.78 is 17.0. The molecule has 1 unspecified atom stereocenters. The predicted molar refractivity (Wildman–Crippen MR) is 96.3 cm³/mol. The van der Waals surface area contributed by atoms with Gasteiger partial charge in [-0.25, -0.2) is 0 Å². The Morgan fingerprint density at radius 2 is 2.12 bits per heavy atom. The van der Waals surface area contributed by atoms with Gasteiger partial charge in [-0.1, -0.05) is 11.6 Å². The maximum atomic E-state index is 12.5. The molecular formula is C21H30O5. The van der Waals surface area contributed by atoms with Crippen LogP contribution in [0.15, 0.2) is 22.8 Å². The van der Waals surface area contributed by atoms with Gasteiger partial charge in [-0.3, -0.25) is 4.79 Å². The Balaban J connectivity index is 1.66. The number of rotatable bonds is 3. The molecule has 0 aromatic rings. The van der Waals surface area contributed by atoms with Crippen LogP contribution in [0.3, 0.4) is 0 Å². The summed E-state index contributed by atoms with van der Waals surface area (Å²) >= 11 is 0. The maximum absolute atomic E-state index is 12.5. The highest BCUT2D eigenvalue weighted by atomic mass is 16.7. The number of carbonyl (C=O) groups is 1. The third kappa shape index (κ3) is 2.76. The van der Waals surface area contributed by atoms with E-state index in [0.29, 0.717) is 32.0 Å². The van der Waals surface area contributed by atoms with Crippen molar-refractivity contribution >= 4 is 5.97 Å². The molecule has 1 fully saturated rings. The smallest absolute Gasteiger partial charge is 0.312 e. The lowest BCUT2D eigenvalue weighted by atomic mass is 9.57. The molecule has 1 saturated heterocycles. The predicted octanol–water partition coefficient (Wildman–Crippen LogP) is 3.13. The molecule has 26 heavy (non-hydrogen) atoms. The van der Waals surface area contributed by atoms with Crippen LogP contribution in [-0.2, 0) is 19.0 Å². The Hall–Kier alpha value is -1.17. The van der Waals surface area contributed by atoms with E-state index in [0.717, 1.165) is 32.1 Å². The van der Waals surface area contributed by atoms with Gasteiger partial charge in [0.25, 0.3) is 0 Å². The zero-order chi connectivity index (χ0) is 18.4. The average molecular weight is 362 g/mol. The van der Waals surface area contributed by atoms with Gasteiger partial charge in [0.05, 0.1) is 25.7 Å². The Kier molecular flexibility index (Phi) is 4.74. The third-order valence-corrected chi connectivity index (χ3v) is 7.13. The van der Waals surface area contributed by atoms with E-state index in [4.69, 9.17) is 14.2 Å². The molecule has 0 saturated carbocycles. The van der Waals surface area contributed by atoms with Crippen molar-refractivity contribution in [2.75, 3.05) is 26.9 Å². The number of fused-ring (bicyclic) bond motifs is 2. The second-order valence-electron chi connectivity index (χ2n) is 8.40. The third-order valence-electron chi connectivity index (χ3n) is 7.13. The molecular weight excluding hydrogens is 332 g/mol. The monoisotopic (exact) mass is 362 g/mol. The Bertz CT molecular complexity index is 643. The van der Waals surface area contributed by atoms with Crippen LogP contribution in [0.4, 0.5) is 0 Å². The van der Waals surface area contributed by atoms with Crippen LogP contribution in [0, 0.1) is 17.3 Å². The lowest BCUT2D eigenvalue weighted by molar-refractivity contribution is -0.164. The zero-order valence-corrected chi connectivity index (χ0v) is 15.9. The number of hydrogen-bond donors (Lipinski definition) is 1. The van der Waals surface area contributed by atoms with E-state index in [9.17, 15) is 9.90 Å². The first-order valence-electron chi connectivity index (χ1n) is 9.91. The summed E-state index contributed by atoms with van der Waals surface area (Å²) in [6, 6.07) is 0. The van der Waals surface area contributed by atoms with Crippen molar-refractivity contribution in [1.82, 2.24) is 0 Å². The number of methoxy groups -OCH3 is 1. The number of carbonyl (C=O) groups excluding carboxylic acids is 1. The standard InChI is InChI=1S/C21H30O5/c1-20(19(23)24-2)8-5-16-15-6-9-21(25-11-12-26-21)13-14(15)3-4-17(16)18(20)7-10-22/h5,17-18,22H,3-4,6-13H2,1-2H3/t17?,18-,20-/m0/s1. The minimum Gasteiger partial charge on any atom is -0.469 e. The minimum atomic E-state index is -0.544. The van der Waals surface area contributed by atoms with Crippen LogP contribution in [-0.4, -0.2) is 43.8 Å². The fourth-order valence-electron chi connectivity index (χ4n) is 5.79. The molecule has 5 heteroatoms. The normalized spacial score (nSPS) is 35.7. The first kappa shape index (κ1) is 18.2. The summed E-state index contributed by atoms with van der Waals surface area (Å²) in [7, 11) is 1.46. The van der Waals surface area contributed by atoms with Crippen LogP contribution < -0.4 is 0 Å². The molecule has 1 N–H and O–H groups in total. The average Bonchev–Trinajstić information content (AvgIpc) is 3.10. The van der Waals surface area contributed by atoms with E-state index < -0.39 is 5.41 Å². The summed E-state index contributed by atoms with van der Waals surface area (Å²) in [5.41, 5.74) is 3.82. The van der Waals surface area contributed by atoms with E-state index in [1.807, 2.05) is 6.92 Å². The van der Waals surface area contributed by atoms with Crippen molar-refractivity contribution in [3.63, 3.8) is 0 Å². The van der Waals surface area contributed by atoms with Crippen molar-refractivity contribution in [3.05, 3.63) is 22.8 Å². The second kappa shape index (κ2) is 6.77. The van der Waals surface area contributed by atoms with Crippen LogP contribution in [0.2, 0.25) is 0 Å². The molecule has 1 spiro atoms. The number of hydrogen-bond acceptors (Lipinski definition) is 5. The highest BCUT2D eigenvalue weighted by Crippen LogP contribution is 2.55. The van der Waals surface area contributed by atoms with Crippen molar-refractivity contribution < 1.29 is 24.1 Å². The van der Waals surface area contributed by atoms with Crippen LogP contribution in [0.25, 0.3) is 0 Å².